The van der Waals surface area contributed by atoms with Gasteiger partial charge in [-0.3, -0.25) is 0 Å². The molecule has 2 heterocycles. The van der Waals surface area contributed by atoms with Gasteiger partial charge in [-0.05, 0) is 31.5 Å². The zero-order valence-corrected chi connectivity index (χ0v) is 19.9. The molecule has 0 atom stereocenters. The Bertz CT molecular complexity index is 1490. The monoisotopic (exact) mass is 480 g/mol. The number of aryl methyl sites for hydroxylation is 2. The smallest absolute Gasteiger partial charge is 0.360 e. The largest absolute Gasteiger partial charge is 0.487 e. The molecule has 180 valence electrons. The number of hydrogen-bond acceptors (Lipinski definition) is 7. The number of para-hydroxylation sites is 1. The molecule has 0 spiro atoms. The van der Waals surface area contributed by atoms with E-state index in [0.717, 1.165) is 27.8 Å². The number of benzene rings is 3. The van der Waals surface area contributed by atoms with Crippen molar-refractivity contribution in [3.63, 3.8) is 0 Å². The number of esters is 1. The van der Waals surface area contributed by atoms with Crippen LogP contribution < -0.4 is 4.74 Å². The van der Waals surface area contributed by atoms with Gasteiger partial charge in [0.05, 0.1) is 0 Å². The molecule has 5 aromatic rings. The van der Waals surface area contributed by atoms with E-state index in [2.05, 4.69) is 10.3 Å². The molecular formula is C29H24N2O5. The number of ether oxygens (including phenoxy) is 2. The Morgan fingerprint density at radius 2 is 1.58 bits per heavy atom. The maximum atomic E-state index is 12.6. The Balaban J connectivity index is 1.22. The van der Waals surface area contributed by atoms with E-state index in [0.29, 0.717) is 23.0 Å². The zero-order chi connectivity index (χ0) is 24.9. The van der Waals surface area contributed by atoms with E-state index in [1.807, 2.05) is 92.7 Å². The lowest BCUT2D eigenvalue weighted by Gasteiger charge is -2.10. The van der Waals surface area contributed by atoms with E-state index >= 15 is 0 Å². The summed E-state index contributed by atoms with van der Waals surface area (Å²) in [7, 11) is 0. The Labute approximate surface area is 208 Å². The van der Waals surface area contributed by atoms with Crippen LogP contribution in [0.4, 0.5) is 0 Å². The van der Waals surface area contributed by atoms with Crippen molar-refractivity contribution in [1.82, 2.24) is 10.3 Å². The molecule has 0 radical (unpaired) electrons. The molecule has 0 bridgehead atoms. The van der Waals surface area contributed by atoms with Crippen molar-refractivity contribution in [1.29, 1.82) is 0 Å². The Kier molecular flexibility index (Phi) is 6.62. The average molecular weight is 481 g/mol. The summed E-state index contributed by atoms with van der Waals surface area (Å²) in [5.74, 6) is 1.21. The highest BCUT2D eigenvalue weighted by Gasteiger charge is 2.17. The zero-order valence-electron chi connectivity index (χ0n) is 19.9. The lowest BCUT2D eigenvalue weighted by Crippen LogP contribution is -2.07. The fourth-order valence-corrected chi connectivity index (χ4v) is 3.75. The molecule has 2 aromatic heterocycles. The lowest BCUT2D eigenvalue weighted by molar-refractivity contribution is 0.0457. The van der Waals surface area contributed by atoms with E-state index in [-0.39, 0.29) is 18.9 Å². The maximum absolute atomic E-state index is 12.6. The Morgan fingerprint density at radius 3 is 2.44 bits per heavy atom. The van der Waals surface area contributed by atoms with E-state index in [9.17, 15) is 4.79 Å². The summed E-state index contributed by atoms with van der Waals surface area (Å²) in [4.78, 5) is 12.6. The summed E-state index contributed by atoms with van der Waals surface area (Å²) in [6.07, 6.45) is 0. The van der Waals surface area contributed by atoms with E-state index < -0.39 is 5.97 Å². The van der Waals surface area contributed by atoms with Crippen LogP contribution in [0.3, 0.4) is 0 Å². The van der Waals surface area contributed by atoms with Crippen LogP contribution in [0.15, 0.2) is 94.0 Å². The molecule has 0 saturated carbocycles. The van der Waals surface area contributed by atoms with E-state index in [1.165, 1.54) is 0 Å². The molecule has 0 unspecified atom stereocenters. The van der Waals surface area contributed by atoms with Crippen molar-refractivity contribution in [3.8, 4) is 28.4 Å². The average Bonchev–Trinajstić information content (AvgIpc) is 3.59. The Hall–Kier alpha value is -4.65. The quantitative estimate of drug-likeness (QED) is 0.233. The van der Waals surface area contributed by atoms with Gasteiger partial charge in [0.1, 0.15) is 24.7 Å². The van der Waals surface area contributed by atoms with Crippen LogP contribution >= 0.6 is 0 Å². The molecule has 3 aromatic carbocycles. The van der Waals surface area contributed by atoms with Gasteiger partial charge in [-0.15, -0.1) is 0 Å². The van der Waals surface area contributed by atoms with Crippen LogP contribution in [-0.4, -0.2) is 16.3 Å². The second kappa shape index (κ2) is 10.3. The van der Waals surface area contributed by atoms with Crippen LogP contribution in [0.2, 0.25) is 0 Å². The highest BCUT2D eigenvalue weighted by molar-refractivity contribution is 5.88. The first-order valence-corrected chi connectivity index (χ1v) is 11.5. The van der Waals surface area contributed by atoms with Gasteiger partial charge >= 0.3 is 5.97 Å². The van der Waals surface area contributed by atoms with E-state index in [4.69, 9.17) is 18.5 Å². The maximum Gasteiger partial charge on any atom is 0.360 e. The SMILES string of the molecule is Cc1ccc(C)c(-c2cc(C(=O)OCc3ccccc3OCc3cc(-c4ccccc4)on3)no2)c1. The number of hydrogen-bond donors (Lipinski definition) is 0. The molecule has 7 heteroatoms. The molecular weight excluding hydrogens is 456 g/mol. The third-order valence-corrected chi connectivity index (χ3v) is 5.70. The van der Waals surface area contributed by atoms with Crippen LogP contribution in [-0.2, 0) is 18.0 Å². The molecule has 0 aliphatic rings. The minimum atomic E-state index is -0.575. The van der Waals surface area contributed by atoms with Gasteiger partial charge in [0.25, 0.3) is 0 Å². The number of carbonyl (C=O) groups is 1. The Morgan fingerprint density at radius 1 is 0.806 bits per heavy atom. The standard InChI is InChI=1S/C29H24N2O5/c1-19-12-13-20(2)24(14-19)28-16-25(31-36-28)29(32)34-17-22-10-6-7-11-26(22)33-18-23-15-27(35-30-23)21-8-4-3-5-9-21/h3-16H,17-18H2,1-2H3. The lowest BCUT2D eigenvalue weighted by atomic mass is 10.0. The van der Waals surface area contributed by atoms with Crippen LogP contribution in [0.25, 0.3) is 22.6 Å². The summed E-state index contributed by atoms with van der Waals surface area (Å²) in [6.45, 7) is 4.21. The number of aromatic nitrogens is 2. The first-order chi connectivity index (χ1) is 17.6. The van der Waals surface area contributed by atoms with Crippen LogP contribution in [0.5, 0.6) is 5.75 Å². The minimum absolute atomic E-state index is 0.0226. The molecule has 0 N–H and O–H groups in total. The van der Waals surface area contributed by atoms with Crippen LogP contribution in [0, 0.1) is 13.8 Å². The molecule has 0 fully saturated rings. The fraction of sp³-hybridized carbons (Fsp3) is 0.138. The molecule has 0 aliphatic heterocycles. The van der Waals surface area contributed by atoms with E-state index in [1.54, 1.807) is 6.07 Å². The van der Waals surface area contributed by atoms with Crippen LogP contribution in [0.1, 0.15) is 32.9 Å². The van der Waals surface area contributed by atoms with Crippen molar-refractivity contribution in [3.05, 3.63) is 113 Å². The van der Waals surface area contributed by atoms with Crippen molar-refractivity contribution in [2.75, 3.05) is 0 Å². The number of carbonyl (C=O) groups excluding carboxylic acids is 1. The third kappa shape index (κ3) is 5.20. The molecule has 36 heavy (non-hydrogen) atoms. The molecule has 0 aliphatic carbocycles. The summed E-state index contributed by atoms with van der Waals surface area (Å²) in [6, 6.07) is 26.6. The summed E-state index contributed by atoms with van der Waals surface area (Å²) in [5, 5.41) is 7.99. The predicted molar refractivity (Wildman–Crippen MR) is 133 cm³/mol. The van der Waals surface area contributed by atoms with Crippen molar-refractivity contribution < 1.29 is 23.3 Å². The second-order valence-corrected chi connectivity index (χ2v) is 8.42. The predicted octanol–water partition coefficient (Wildman–Crippen LogP) is 6.55. The molecule has 0 amide bonds. The topological polar surface area (TPSA) is 87.6 Å². The minimum Gasteiger partial charge on any atom is -0.487 e. The van der Waals surface area contributed by atoms with Crippen molar-refractivity contribution in [2.24, 2.45) is 0 Å². The number of rotatable bonds is 8. The first-order valence-electron chi connectivity index (χ1n) is 11.5. The summed E-state index contributed by atoms with van der Waals surface area (Å²) >= 11 is 0. The highest BCUT2D eigenvalue weighted by Crippen LogP contribution is 2.26. The third-order valence-electron chi connectivity index (χ3n) is 5.70. The van der Waals surface area contributed by atoms with Crippen molar-refractivity contribution >= 4 is 5.97 Å². The van der Waals surface area contributed by atoms with Gasteiger partial charge < -0.3 is 18.5 Å². The summed E-state index contributed by atoms with van der Waals surface area (Å²) < 4.78 is 22.3. The number of nitrogens with zero attached hydrogens (tertiary/aromatic N) is 2. The highest BCUT2D eigenvalue weighted by atomic mass is 16.5. The van der Waals surface area contributed by atoms with Gasteiger partial charge in [0.15, 0.2) is 17.2 Å². The van der Waals surface area contributed by atoms with Crippen molar-refractivity contribution in [2.45, 2.75) is 27.1 Å². The van der Waals surface area contributed by atoms with Gasteiger partial charge in [-0.2, -0.15) is 0 Å². The van der Waals surface area contributed by atoms with Gasteiger partial charge in [0.2, 0.25) is 0 Å². The molecule has 0 saturated heterocycles. The molecule has 7 nitrogen and oxygen atoms in total. The van der Waals surface area contributed by atoms with Gasteiger partial charge in [-0.25, -0.2) is 4.79 Å². The summed E-state index contributed by atoms with van der Waals surface area (Å²) in [5.41, 5.74) is 5.44. The normalized spacial score (nSPS) is 10.8. The fourth-order valence-electron chi connectivity index (χ4n) is 3.75. The van der Waals surface area contributed by atoms with Gasteiger partial charge in [0, 0.05) is 28.8 Å². The molecule has 5 rings (SSSR count). The van der Waals surface area contributed by atoms with Gasteiger partial charge in [-0.1, -0.05) is 76.5 Å². The first kappa shape index (κ1) is 23.1. The second-order valence-electron chi connectivity index (χ2n) is 8.42.